The molecule has 118 valence electrons. The van der Waals surface area contributed by atoms with Crippen molar-refractivity contribution in [3.63, 3.8) is 0 Å². The third-order valence-electron chi connectivity index (χ3n) is 4.03. The molecule has 6 nitrogen and oxygen atoms in total. The van der Waals surface area contributed by atoms with Gasteiger partial charge in [0.15, 0.2) is 0 Å². The van der Waals surface area contributed by atoms with E-state index in [9.17, 15) is 15.2 Å². The highest BCUT2D eigenvalue weighted by Gasteiger charge is 2.16. The van der Waals surface area contributed by atoms with Crippen LogP contribution in [-0.4, -0.2) is 21.6 Å². The molecule has 0 saturated heterocycles. The van der Waals surface area contributed by atoms with Crippen LogP contribution in [-0.2, 0) is 12.8 Å². The van der Waals surface area contributed by atoms with E-state index in [4.69, 9.17) is 0 Å². The molecule has 2 aromatic heterocycles. The van der Waals surface area contributed by atoms with Crippen LogP contribution in [0.15, 0.2) is 29.1 Å². The van der Waals surface area contributed by atoms with Crippen molar-refractivity contribution < 1.29 is 5.11 Å². The molecule has 1 aliphatic rings. The van der Waals surface area contributed by atoms with Gasteiger partial charge in [0.1, 0.15) is 18.0 Å². The summed E-state index contributed by atoms with van der Waals surface area (Å²) in [5.74, 6) is 0.491. The van der Waals surface area contributed by atoms with Gasteiger partial charge in [-0.25, -0.2) is 4.98 Å². The minimum absolute atomic E-state index is 0.167. The van der Waals surface area contributed by atoms with Gasteiger partial charge in [0.05, 0.1) is 5.56 Å². The molecule has 0 radical (unpaired) electrons. The molecular weight excluding hydrogens is 292 g/mol. The number of pyridine rings is 2. The molecule has 0 fully saturated rings. The molecule has 0 aromatic carbocycles. The first-order valence-electron chi connectivity index (χ1n) is 7.71. The summed E-state index contributed by atoms with van der Waals surface area (Å²) >= 11 is 0. The number of nitrogens with one attached hydrogen (secondary N) is 2. The number of hydrogen-bond donors (Lipinski definition) is 3. The number of aromatic amines is 1. The molecular formula is C17H18N4O2. The Bertz CT molecular complexity index is 807. The van der Waals surface area contributed by atoms with Gasteiger partial charge in [0, 0.05) is 24.0 Å². The van der Waals surface area contributed by atoms with Crippen LogP contribution in [0.1, 0.15) is 41.5 Å². The van der Waals surface area contributed by atoms with Crippen molar-refractivity contribution >= 4 is 5.82 Å². The van der Waals surface area contributed by atoms with Crippen LogP contribution < -0.4 is 10.9 Å². The number of rotatable bonds is 4. The SMILES string of the molecule is N#Cc1cc2c(nc1NCC(O)c1cccc(=O)[nH]1)CCCC2. The number of aromatic nitrogens is 2. The van der Waals surface area contributed by atoms with Gasteiger partial charge >= 0.3 is 0 Å². The van der Waals surface area contributed by atoms with E-state index < -0.39 is 6.10 Å². The summed E-state index contributed by atoms with van der Waals surface area (Å²) in [7, 11) is 0. The minimum atomic E-state index is -0.881. The Morgan fingerprint density at radius 3 is 3.00 bits per heavy atom. The third-order valence-corrected chi connectivity index (χ3v) is 4.03. The van der Waals surface area contributed by atoms with Gasteiger partial charge in [0.25, 0.3) is 0 Å². The van der Waals surface area contributed by atoms with Gasteiger partial charge in [0.2, 0.25) is 5.56 Å². The van der Waals surface area contributed by atoms with E-state index in [1.165, 1.54) is 6.07 Å². The molecule has 2 heterocycles. The summed E-state index contributed by atoms with van der Waals surface area (Å²) in [5, 5.41) is 22.5. The van der Waals surface area contributed by atoms with Crippen LogP contribution >= 0.6 is 0 Å². The zero-order chi connectivity index (χ0) is 16.2. The Morgan fingerprint density at radius 1 is 1.39 bits per heavy atom. The van der Waals surface area contributed by atoms with Crippen molar-refractivity contribution in [2.45, 2.75) is 31.8 Å². The summed E-state index contributed by atoms with van der Waals surface area (Å²) in [6.07, 6.45) is 3.24. The normalized spacial score (nSPS) is 14.6. The number of hydrogen-bond acceptors (Lipinski definition) is 5. The van der Waals surface area contributed by atoms with Gasteiger partial charge in [-0.15, -0.1) is 0 Å². The lowest BCUT2D eigenvalue weighted by atomic mass is 9.95. The van der Waals surface area contributed by atoms with Crippen molar-refractivity contribution in [1.29, 1.82) is 5.26 Å². The first kappa shape index (κ1) is 15.3. The standard InChI is InChI=1S/C17H18N4O2/c18-9-12-8-11-4-1-2-5-13(11)21-17(12)19-10-15(22)14-6-3-7-16(23)20-14/h3,6-8,15,22H,1-2,4-5,10H2,(H,19,21)(H,20,23). The lowest BCUT2D eigenvalue weighted by Gasteiger charge is -2.18. The van der Waals surface area contributed by atoms with Gasteiger partial charge < -0.3 is 15.4 Å². The van der Waals surface area contributed by atoms with Gasteiger partial charge in [-0.3, -0.25) is 4.79 Å². The molecule has 0 amide bonds. The van der Waals surface area contributed by atoms with Gasteiger partial charge in [-0.2, -0.15) is 5.26 Å². The Morgan fingerprint density at radius 2 is 2.22 bits per heavy atom. The second-order valence-corrected chi connectivity index (χ2v) is 5.68. The van der Waals surface area contributed by atoms with Crippen molar-refractivity contribution in [3.8, 4) is 6.07 Å². The predicted octanol–water partition coefficient (Wildman–Crippen LogP) is 1.67. The molecule has 0 bridgehead atoms. The average molecular weight is 310 g/mol. The minimum Gasteiger partial charge on any atom is -0.385 e. The Kier molecular flexibility index (Phi) is 4.40. The number of nitriles is 1. The Hall–Kier alpha value is -2.65. The van der Waals surface area contributed by atoms with Crippen molar-refractivity contribution in [3.05, 3.63) is 57.1 Å². The van der Waals surface area contributed by atoms with E-state index in [1.54, 1.807) is 12.1 Å². The summed E-state index contributed by atoms with van der Waals surface area (Å²) < 4.78 is 0. The molecule has 3 rings (SSSR count). The zero-order valence-electron chi connectivity index (χ0n) is 12.7. The summed E-state index contributed by atoms with van der Waals surface area (Å²) in [6, 6.07) is 8.68. The fourth-order valence-electron chi connectivity index (χ4n) is 2.82. The quantitative estimate of drug-likeness (QED) is 0.797. The van der Waals surface area contributed by atoms with Crippen molar-refractivity contribution in [1.82, 2.24) is 9.97 Å². The molecule has 6 heteroatoms. The molecule has 1 aliphatic carbocycles. The van der Waals surface area contributed by atoms with E-state index in [1.807, 2.05) is 6.07 Å². The zero-order valence-corrected chi connectivity index (χ0v) is 12.7. The summed E-state index contributed by atoms with van der Waals surface area (Å²) in [5.41, 5.74) is 2.83. The topological polar surface area (TPSA) is 102 Å². The highest BCUT2D eigenvalue weighted by Crippen LogP contribution is 2.24. The Labute approximate surface area is 133 Å². The van der Waals surface area contributed by atoms with E-state index >= 15 is 0 Å². The lowest BCUT2D eigenvalue weighted by Crippen LogP contribution is -2.18. The van der Waals surface area contributed by atoms with Crippen LogP contribution in [0.25, 0.3) is 0 Å². The highest BCUT2D eigenvalue weighted by atomic mass is 16.3. The molecule has 2 aromatic rings. The van der Waals surface area contributed by atoms with Gasteiger partial charge in [-0.05, 0) is 43.4 Å². The maximum atomic E-state index is 11.3. The number of aliphatic hydroxyl groups is 1. The van der Waals surface area contributed by atoms with Crippen molar-refractivity contribution in [2.75, 3.05) is 11.9 Å². The van der Waals surface area contributed by atoms with Crippen LogP contribution in [0.5, 0.6) is 0 Å². The molecule has 3 N–H and O–H groups in total. The second kappa shape index (κ2) is 6.63. The van der Waals surface area contributed by atoms with Crippen LogP contribution in [0, 0.1) is 11.3 Å². The number of anilines is 1. The fraction of sp³-hybridized carbons (Fsp3) is 0.353. The molecule has 23 heavy (non-hydrogen) atoms. The summed E-state index contributed by atoms with van der Waals surface area (Å²) in [4.78, 5) is 18.4. The second-order valence-electron chi connectivity index (χ2n) is 5.68. The lowest BCUT2D eigenvalue weighted by molar-refractivity contribution is 0.186. The fourth-order valence-corrected chi connectivity index (χ4v) is 2.82. The Balaban J connectivity index is 1.77. The van der Waals surface area contributed by atoms with E-state index in [2.05, 4.69) is 21.4 Å². The molecule has 0 spiro atoms. The molecule has 0 saturated carbocycles. The van der Waals surface area contributed by atoms with Crippen LogP contribution in [0.2, 0.25) is 0 Å². The largest absolute Gasteiger partial charge is 0.385 e. The molecule has 1 atom stereocenters. The number of fused-ring (bicyclic) bond motifs is 1. The third kappa shape index (κ3) is 3.41. The van der Waals surface area contributed by atoms with Crippen LogP contribution in [0.3, 0.4) is 0 Å². The maximum absolute atomic E-state index is 11.3. The molecule has 0 aliphatic heterocycles. The number of aliphatic hydroxyl groups excluding tert-OH is 1. The molecule has 1 unspecified atom stereocenters. The monoisotopic (exact) mass is 310 g/mol. The van der Waals surface area contributed by atoms with E-state index in [-0.39, 0.29) is 12.1 Å². The first-order chi connectivity index (χ1) is 11.2. The highest BCUT2D eigenvalue weighted by molar-refractivity contribution is 5.54. The smallest absolute Gasteiger partial charge is 0.248 e. The van der Waals surface area contributed by atoms with Crippen molar-refractivity contribution in [2.24, 2.45) is 0 Å². The summed E-state index contributed by atoms with van der Waals surface area (Å²) in [6.45, 7) is 0.167. The van der Waals surface area contributed by atoms with Gasteiger partial charge in [-0.1, -0.05) is 6.07 Å². The first-order valence-corrected chi connectivity index (χ1v) is 7.71. The number of aryl methyl sites for hydroxylation is 2. The maximum Gasteiger partial charge on any atom is 0.248 e. The van der Waals surface area contributed by atoms with E-state index in [0.717, 1.165) is 36.9 Å². The number of nitrogens with zero attached hydrogens (tertiary/aromatic N) is 2. The van der Waals surface area contributed by atoms with Crippen LogP contribution in [0.4, 0.5) is 5.82 Å². The average Bonchev–Trinajstić information content (AvgIpc) is 2.58. The predicted molar refractivity (Wildman–Crippen MR) is 86.1 cm³/mol. The number of H-pyrrole nitrogens is 1. The van der Waals surface area contributed by atoms with E-state index in [0.29, 0.717) is 17.1 Å².